The molecule has 3 aromatic heterocycles. The van der Waals surface area contributed by atoms with Crippen LogP contribution in [0.2, 0.25) is 0 Å². The summed E-state index contributed by atoms with van der Waals surface area (Å²) in [6.45, 7) is 7.85. The first-order chi connectivity index (χ1) is 21.5. The molecule has 6 heteroatoms. The fourth-order valence-corrected chi connectivity index (χ4v) is 5.05. The van der Waals surface area contributed by atoms with E-state index < -0.39 is 6.85 Å². The molecule has 2 aromatic carbocycles. The van der Waals surface area contributed by atoms with Crippen LogP contribution >= 0.6 is 0 Å². The molecule has 0 saturated heterocycles. The largest absolute Gasteiger partial charge is 0.512 e. The van der Waals surface area contributed by atoms with Gasteiger partial charge in [-0.15, -0.1) is 18.2 Å². The summed E-state index contributed by atoms with van der Waals surface area (Å²) in [6, 6.07) is 22.4. The number of aliphatic hydroxyl groups is 1. The number of aliphatic hydroxyl groups excluding tert-OH is 1. The zero-order valence-electron chi connectivity index (χ0n) is 28.4. The van der Waals surface area contributed by atoms with Crippen LogP contribution < -0.4 is 0 Å². The van der Waals surface area contributed by atoms with Gasteiger partial charge in [0.15, 0.2) is 5.78 Å². The van der Waals surface area contributed by atoms with Gasteiger partial charge >= 0.3 is 0 Å². The van der Waals surface area contributed by atoms with Gasteiger partial charge in [0.05, 0.1) is 11.3 Å². The molecule has 43 heavy (non-hydrogen) atoms. The molecule has 0 unspecified atom stereocenters. The number of allylic oxidation sites excluding steroid dienone is 2. The third kappa shape index (κ3) is 8.07. The summed E-state index contributed by atoms with van der Waals surface area (Å²) in [4.78, 5) is 20.6. The van der Waals surface area contributed by atoms with Gasteiger partial charge in [0.2, 0.25) is 5.71 Å². The Labute approximate surface area is 273 Å². The van der Waals surface area contributed by atoms with E-state index in [1.807, 2.05) is 58.2 Å². The number of fused-ring (bicyclic) bond motifs is 3. The summed E-state index contributed by atoms with van der Waals surface area (Å²) in [7, 11) is 0. The molecule has 3 heterocycles. The Morgan fingerprint density at radius 2 is 1.60 bits per heavy atom. The molecule has 1 N–H and O–H groups in total. The molecule has 5 nitrogen and oxygen atoms in total. The molecule has 0 bridgehead atoms. The monoisotopic (exact) mass is 757 g/mol. The topological polar surface area (TPSA) is 76.2 Å². The molecule has 0 saturated carbocycles. The van der Waals surface area contributed by atoms with Crippen molar-refractivity contribution in [2.75, 3.05) is 0 Å². The molecule has 0 atom stereocenters. The number of aryl methyl sites for hydroxylation is 2. The number of hydrogen-bond donors (Lipinski definition) is 1. The Hall–Kier alpha value is -3.60. The predicted octanol–water partition coefficient (Wildman–Crippen LogP) is 9.99. The Morgan fingerprint density at radius 3 is 2.21 bits per heavy atom. The van der Waals surface area contributed by atoms with Crippen LogP contribution in [-0.2, 0) is 24.9 Å². The number of rotatable bonds is 9. The van der Waals surface area contributed by atoms with E-state index in [9.17, 15) is 9.90 Å². The Bertz CT molecular complexity index is 1770. The summed E-state index contributed by atoms with van der Waals surface area (Å²) in [5.74, 6) is 0.547. The standard InChI is InChI=1S/C24H17N2O.C13H24O2.Ir/c1-15-6-9-17(10-7-15)18-11-13-22(25-14-18)21-5-3-4-19-20-12-8-16(2)26-24(20)27-23(19)21;1-5-10(6-2)12(14)9-13(15)11(7-3)8-4;/h3-4,6-14H,1-2H3;9-11,14H,5-8H2,1-4H3;/q-1;;/b;12-9-;/i2D3;;. The van der Waals surface area contributed by atoms with E-state index in [4.69, 9.17) is 8.53 Å². The molecule has 0 amide bonds. The van der Waals surface area contributed by atoms with Gasteiger partial charge in [-0.05, 0) is 68.4 Å². The van der Waals surface area contributed by atoms with Gasteiger partial charge in [-0.25, -0.2) is 4.98 Å². The summed E-state index contributed by atoms with van der Waals surface area (Å²) < 4.78 is 28.7. The smallest absolute Gasteiger partial charge is 0.216 e. The molecule has 0 fully saturated rings. The molecule has 5 rings (SSSR count). The zero-order chi connectivity index (χ0) is 32.7. The van der Waals surface area contributed by atoms with Gasteiger partial charge in [-0.1, -0.05) is 80.6 Å². The van der Waals surface area contributed by atoms with E-state index in [1.54, 1.807) is 6.07 Å². The van der Waals surface area contributed by atoms with Gasteiger partial charge in [0, 0.05) is 59.4 Å². The first-order valence-electron chi connectivity index (χ1n) is 16.2. The van der Waals surface area contributed by atoms with E-state index in [0.717, 1.165) is 58.8 Å². The number of hydrogen-bond acceptors (Lipinski definition) is 5. The number of nitrogens with zero attached hydrogens (tertiary/aromatic N) is 2. The average molecular weight is 757 g/mol. The summed E-state index contributed by atoms with van der Waals surface area (Å²) in [6.07, 6.45) is 6.74. The summed E-state index contributed by atoms with van der Waals surface area (Å²) in [5, 5.41) is 11.4. The van der Waals surface area contributed by atoms with Crippen molar-refractivity contribution >= 4 is 27.9 Å². The van der Waals surface area contributed by atoms with Gasteiger partial charge < -0.3 is 14.5 Å². The van der Waals surface area contributed by atoms with Crippen molar-refractivity contribution in [3.63, 3.8) is 0 Å². The fourth-order valence-electron chi connectivity index (χ4n) is 5.05. The minimum atomic E-state index is -2.28. The zero-order valence-corrected chi connectivity index (χ0v) is 27.8. The van der Waals surface area contributed by atoms with Crippen molar-refractivity contribution in [1.82, 2.24) is 9.97 Å². The van der Waals surface area contributed by atoms with Crippen LogP contribution in [0.25, 0.3) is 44.5 Å². The SMILES string of the molecule is CCC(CC)C(=O)/C=C(\O)C(CC)CC.[2H]C([2H])([2H])c1ccc2c(n1)oc1c(-c3ccc(-c4ccc(C)cc4)cn3)[c-]ccc12.[Ir]. The van der Waals surface area contributed by atoms with E-state index in [0.29, 0.717) is 11.3 Å². The van der Waals surface area contributed by atoms with Gasteiger partial charge in [-0.3, -0.25) is 4.79 Å². The van der Waals surface area contributed by atoms with E-state index >= 15 is 0 Å². The van der Waals surface area contributed by atoms with Crippen molar-refractivity contribution in [1.29, 1.82) is 0 Å². The molecule has 1 radical (unpaired) electrons. The van der Waals surface area contributed by atoms with Crippen LogP contribution in [0.3, 0.4) is 0 Å². The molecule has 0 aliphatic rings. The number of ketones is 1. The van der Waals surface area contributed by atoms with Crippen LogP contribution in [0.5, 0.6) is 0 Å². The molecule has 5 aromatic rings. The number of carbonyl (C=O) groups excluding carboxylic acids is 1. The number of furan rings is 1. The van der Waals surface area contributed by atoms with Crippen molar-refractivity contribution in [3.8, 4) is 22.4 Å². The fraction of sp³-hybridized carbons (Fsp3) is 0.324. The normalized spacial score (nSPS) is 12.8. The first-order valence-corrected chi connectivity index (χ1v) is 14.7. The minimum absolute atomic E-state index is 0. The summed E-state index contributed by atoms with van der Waals surface area (Å²) >= 11 is 0. The minimum Gasteiger partial charge on any atom is -0.512 e. The quantitative estimate of drug-likeness (QED) is 0.0921. The van der Waals surface area contributed by atoms with Gasteiger partial charge in [0.1, 0.15) is 0 Å². The number of benzene rings is 2. The van der Waals surface area contributed by atoms with Crippen molar-refractivity contribution < 1.29 is 38.5 Å². The first kappa shape index (κ1) is 29.5. The Kier molecular flexibility index (Phi) is 10.8. The predicted molar refractivity (Wildman–Crippen MR) is 172 cm³/mol. The van der Waals surface area contributed by atoms with Crippen molar-refractivity contribution in [2.24, 2.45) is 11.8 Å². The molecule has 227 valence electrons. The van der Waals surface area contributed by atoms with E-state index in [2.05, 4.69) is 47.2 Å². The third-order valence-electron chi connectivity index (χ3n) is 7.79. The maximum atomic E-state index is 11.7. The van der Waals surface area contributed by atoms with E-state index in [1.165, 1.54) is 17.7 Å². The number of aromatic nitrogens is 2. The van der Waals surface area contributed by atoms with Crippen molar-refractivity contribution in [2.45, 2.75) is 67.2 Å². The van der Waals surface area contributed by atoms with Gasteiger partial charge in [0.25, 0.3) is 0 Å². The second-order valence-electron chi connectivity index (χ2n) is 10.5. The van der Waals surface area contributed by atoms with Crippen LogP contribution in [0.15, 0.2) is 83.1 Å². The number of carbonyl (C=O) groups is 1. The van der Waals surface area contributed by atoms with Crippen molar-refractivity contribution in [3.05, 3.63) is 96.0 Å². The molecular weight excluding hydrogens is 713 g/mol. The molecule has 0 aliphatic carbocycles. The summed E-state index contributed by atoms with van der Waals surface area (Å²) in [5.41, 5.74) is 5.70. The van der Waals surface area contributed by atoms with E-state index in [-0.39, 0.29) is 49.2 Å². The average Bonchev–Trinajstić information content (AvgIpc) is 3.41. The van der Waals surface area contributed by atoms with Gasteiger partial charge in [-0.2, -0.15) is 0 Å². The Balaban J connectivity index is 0.000000309. The van der Waals surface area contributed by atoms with Crippen LogP contribution in [0.1, 0.15) is 68.7 Å². The Morgan fingerprint density at radius 1 is 0.930 bits per heavy atom. The maximum absolute atomic E-state index is 11.7. The van der Waals surface area contributed by atoms with Crippen LogP contribution in [0.4, 0.5) is 0 Å². The molecular formula is C37H41IrN2O3-. The maximum Gasteiger partial charge on any atom is 0.216 e. The molecule has 0 spiro atoms. The number of pyridine rings is 2. The third-order valence-corrected chi connectivity index (χ3v) is 7.79. The second kappa shape index (κ2) is 15.7. The van der Waals surface area contributed by atoms with Crippen LogP contribution in [0, 0.1) is 31.7 Å². The van der Waals surface area contributed by atoms with Crippen LogP contribution in [-0.4, -0.2) is 20.9 Å². The second-order valence-corrected chi connectivity index (χ2v) is 10.5. The molecule has 0 aliphatic heterocycles.